The van der Waals surface area contributed by atoms with Gasteiger partial charge >= 0.3 is 0 Å². The third-order valence-electron chi connectivity index (χ3n) is 4.90. The van der Waals surface area contributed by atoms with Gasteiger partial charge in [-0.05, 0) is 44.9 Å². The fraction of sp³-hybridized carbons (Fsp3) is 1.00. The van der Waals surface area contributed by atoms with E-state index in [-0.39, 0.29) is 0 Å². The van der Waals surface area contributed by atoms with Crippen molar-refractivity contribution < 1.29 is 4.74 Å². The number of nitrogens with one attached hydrogen (secondary N) is 1. The van der Waals surface area contributed by atoms with Crippen LogP contribution in [0.5, 0.6) is 0 Å². The van der Waals surface area contributed by atoms with Gasteiger partial charge in [0.1, 0.15) is 0 Å². The van der Waals surface area contributed by atoms with Crippen molar-refractivity contribution in [2.45, 2.75) is 71.1 Å². The minimum atomic E-state index is 0.401. The zero-order valence-electron chi connectivity index (χ0n) is 13.0. The normalized spacial score (nSPS) is 37.4. The summed E-state index contributed by atoms with van der Waals surface area (Å²) >= 11 is 0. The molecule has 0 radical (unpaired) electrons. The maximum atomic E-state index is 5.76. The minimum absolute atomic E-state index is 0.401. The van der Waals surface area contributed by atoms with Crippen LogP contribution in [0.2, 0.25) is 0 Å². The predicted molar refractivity (Wildman–Crippen MR) is 80.5 cm³/mol. The summed E-state index contributed by atoms with van der Waals surface area (Å²) in [6, 6.07) is 1.40. The molecule has 1 saturated heterocycles. The molecule has 0 aromatic rings. The molecule has 2 atom stereocenters. The largest absolute Gasteiger partial charge is 0.376 e. The molecule has 2 aliphatic rings. The monoisotopic (exact) mass is 268 g/mol. The first-order chi connectivity index (χ1) is 9.19. The second-order valence-corrected chi connectivity index (χ2v) is 6.61. The minimum Gasteiger partial charge on any atom is -0.376 e. The van der Waals surface area contributed by atoms with Gasteiger partial charge in [0.15, 0.2) is 0 Å². The molecule has 1 saturated carbocycles. The van der Waals surface area contributed by atoms with Crippen molar-refractivity contribution in [2.75, 3.05) is 26.2 Å². The van der Waals surface area contributed by atoms with Crippen molar-refractivity contribution in [3.05, 3.63) is 0 Å². The third kappa shape index (κ3) is 4.73. The quantitative estimate of drug-likeness (QED) is 0.829. The van der Waals surface area contributed by atoms with Gasteiger partial charge in [0.25, 0.3) is 0 Å². The first-order valence-electron chi connectivity index (χ1n) is 8.28. The fourth-order valence-electron chi connectivity index (χ4n) is 3.44. The van der Waals surface area contributed by atoms with Crippen LogP contribution in [0.15, 0.2) is 0 Å². The van der Waals surface area contributed by atoms with Gasteiger partial charge in [-0.15, -0.1) is 0 Å². The van der Waals surface area contributed by atoms with Crippen molar-refractivity contribution in [1.82, 2.24) is 10.2 Å². The van der Waals surface area contributed by atoms with Crippen LogP contribution in [-0.4, -0.2) is 49.3 Å². The maximum absolute atomic E-state index is 5.76. The Kier molecular flexibility index (Phi) is 6.11. The van der Waals surface area contributed by atoms with Gasteiger partial charge in [0.05, 0.1) is 12.7 Å². The Morgan fingerprint density at radius 3 is 2.58 bits per heavy atom. The molecule has 0 amide bonds. The number of nitrogens with zero attached hydrogens (tertiary/aromatic N) is 1. The standard InChI is InChI=1S/C16H32N2O/c1-4-16-12-19-14(3)11-18(16)10-9-17-15-7-5-13(2)6-8-15/h13-17H,4-12H2,1-3H3. The Labute approximate surface area is 119 Å². The topological polar surface area (TPSA) is 24.5 Å². The van der Waals surface area contributed by atoms with E-state index in [2.05, 4.69) is 31.0 Å². The number of ether oxygens (including phenoxy) is 1. The molecule has 2 fully saturated rings. The lowest BCUT2D eigenvalue weighted by atomic mass is 9.87. The number of rotatable bonds is 5. The SMILES string of the molecule is CCC1COC(C)CN1CCNC1CCC(C)CC1. The fourth-order valence-corrected chi connectivity index (χ4v) is 3.44. The van der Waals surface area contributed by atoms with Crippen LogP contribution in [0.4, 0.5) is 0 Å². The van der Waals surface area contributed by atoms with Gasteiger partial charge in [-0.2, -0.15) is 0 Å². The molecule has 0 aromatic carbocycles. The third-order valence-corrected chi connectivity index (χ3v) is 4.90. The molecule has 0 bridgehead atoms. The van der Waals surface area contributed by atoms with Crippen molar-refractivity contribution in [2.24, 2.45) is 5.92 Å². The lowest BCUT2D eigenvalue weighted by molar-refractivity contribution is -0.0553. The smallest absolute Gasteiger partial charge is 0.0674 e. The van der Waals surface area contributed by atoms with E-state index < -0.39 is 0 Å². The molecule has 1 heterocycles. The highest BCUT2D eigenvalue weighted by molar-refractivity contribution is 4.80. The summed E-state index contributed by atoms with van der Waals surface area (Å²) < 4.78 is 5.76. The van der Waals surface area contributed by atoms with Gasteiger partial charge in [-0.25, -0.2) is 0 Å². The zero-order chi connectivity index (χ0) is 13.7. The molecule has 0 aromatic heterocycles. The number of morpholine rings is 1. The molecule has 3 heteroatoms. The zero-order valence-corrected chi connectivity index (χ0v) is 13.0. The van der Waals surface area contributed by atoms with Gasteiger partial charge in [0.2, 0.25) is 0 Å². The molecule has 0 spiro atoms. The Morgan fingerprint density at radius 1 is 1.16 bits per heavy atom. The highest BCUT2D eigenvalue weighted by Crippen LogP contribution is 2.23. The van der Waals surface area contributed by atoms with Crippen molar-refractivity contribution in [3.63, 3.8) is 0 Å². The van der Waals surface area contributed by atoms with Crippen LogP contribution in [0.25, 0.3) is 0 Å². The van der Waals surface area contributed by atoms with E-state index in [4.69, 9.17) is 4.74 Å². The summed E-state index contributed by atoms with van der Waals surface area (Å²) in [5.41, 5.74) is 0. The Bertz CT molecular complexity index is 251. The van der Waals surface area contributed by atoms with Crippen molar-refractivity contribution >= 4 is 0 Å². The van der Waals surface area contributed by atoms with Crippen LogP contribution >= 0.6 is 0 Å². The lowest BCUT2D eigenvalue weighted by Gasteiger charge is -2.38. The van der Waals surface area contributed by atoms with Gasteiger partial charge < -0.3 is 10.1 Å². The van der Waals surface area contributed by atoms with Crippen LogP contribution in [0, 0.1) is 5.92 Å². The van der Waals surface area contributed by atoms with E-state index in [1.54, 1.807) is 0 Å². The van der Waals surface area contributed by atoms with E-state index in [0.717, 1.165) is 31.7 Å². The molecule has 1 aliphatic carbocycles. The highest BCUT2D eigenvalue weighted by Gasteiger charge is 2.25. The Balaban J connectivity index is 1.66. The van der Waals surface area contributed by atoms with Crippen LogP contribution in [0.1, 0.15) is 52.9 Å². The molecule has 19 heavy (non-hydrogen) atoms. The molecular weight excluding hydrogens is 236 g/mol. The first-order valence-corrected chi connectivity index (χ1v) is 8.28. The molecule has 112 valence electrons. The molecule has 2 unspecified atom stereocenters. The summed E-state index contributed by atoms with van der Waals surface area (Å²) in [6.45, 7) is 11.2. The van der Waals surface area contributed by atoms with Gasteiger partial charge in [0, 0.05) is 31.7 Å². The summed E-state index contributed by atoms with van der Waals surface area (Å²) in [6.07, 6.45) is 7.16. The van der Waals surface area contributed by atoms with Crippen LogP contribution in [-0.2, 0) is 4.74 Å². The second-order valence-electron chi connectivity index (χ2n) is 6.61. The van der Waals surface area contributed by atoms with Crippen LogP contribution < -0.4 is 5.32 Å². The molecule has 1 aliphatic heterocycles. The molecule has 3 nitrogen and oxygen atoms in total. The van der Waals surface area contributed by atoms with Crippen molar-refractivity contribution in [3.8, 4) is 0 Å². The molecule has 1 N–H and O–H groups in total. The number of hydrogen-bond donors (Lipinski definition) is 1. The van der Waals surface area contributed by atoms with E-state index in [0.29, 0.717) is 12.1 Å². The maximum Gasteiger partial charge on any atom is 0.0674 e. The van der Waals surface area contributed by atoms with E-state index in [9.17, 15) is 0 Å². The lowest BCUT2D eigenvalue weighted by Crippen LogP contribution is -2.51. The van der Waals surface area contributed by atoms with E-state index in [1.807, 2.05) is 0 Å². The summed E-state index contributed by atoms with van der Waals surface area (Å²) in [4.78, 5) is 2.62. The predicted octanol–water partition coefficient (Wildman–Crippen LogP) is 2.65. The van der Waals surface area contributed by atoms with Crippen molar-refractivity contribution in [1.29, 1.82) is 0 Å². The second kappa shape index (κ2) is 7.61. The highest BCUT2D eigenvalue weighted by atomic mass is 16.5. The summed E-state index contributed by atoms with van der Waals surface area (Å²) in [7, 11) is 0. The number of hydrogen-bond acceptors (Lipinski definition) is 3. The Hall–Kier alpha value is -0.120. The molecular formula is C16H32N2O. The first kappa shape index (κ1) is 15.3. The van der Waals surface area contributed by atoms with Gasteiger partial charge in [-0.1, -0.05) is 13.8 Å². The summed E-state index contributed by atoms with van der Waals surface area (Å²) in [5.74, 6) is 0.947. The average Bonchev–Trinajstić information content (AvgIpc) is 2.41. The van der Waals surface area contributed by atoms with Crippen LogP contribution in [0.3, 0.4) is 0 Å². The Morgan fingerprint density at radius 2 is 1.89 bits per heavy atom. The molecule has 2 rings (SSSR count). The van der Waals surface area contributed by atoms with E-state index >= 15 is 0 Å². The van der Waals surface area contributed by atoms with Gasteiger partial charge in [-0.3, -0.25) is 4.90 Å². The van der Waals surface area contributed by atoms with E-state index in [1.165, 1.54) is 38.6 Å². The average molecular weight is 268 g/mol. The summed E-state index contributed by atoms with van der Waals surface area (Å²) in [5, 5.41) is 3.77.